The molecule has 2 aromatic carbocycles. The SMILES string of the molecule is COc1ccc(C(CC(=O)O)NC(=O)c2cccc(OC(F)F)c2)c(OC)c1. The summed E-state index contributed by atoms with van der Waals surface area (Å²) in [5, 5.41) is 11.8. The largest absolute Gasteiger partial charge is 0.497 e. The molecule has 0 aromatic heterocycles. The summed E-state index contributed by atoms with van der Waals surface area (Å²) in [6.07, 6.45) is -0.415. The summed E-state index contributed by atoms with van der Waals surface area (Å²) in [6.45, 7) is -3.03. The van der Waals surface area contributed by atoms with Crippen LogP contribution in [0.3, 0.4) is 0 Å². The number of aliphatic carboxylic acids is 1. The summed E-state index contributed by atoms with van der Waals surface area (Å²) in [5.41, 5.74) is 0.472. The van der Waals surface area contributed by atoms with Gasteiger partial charge in [0, 0.05) is 17.2 Å². The van der Waals surface area contributed by atoms with Crippen LogP contribution in [-0.2, 0) is 4.79 Å². The van der Waals surface area contributed by atoms with Gasteiger partial charge in [0.1, 0.15) is 17.2 Å². The van der Waals surface area contributed by atoms with Crippen molar-refractivity contribution in [1.29, 1.82) is 0 Å². The summed E-state index contributed by atoms with van der Waals surface area (Å²) in [5.74, 6) is -1.14. The fourth-order valence-corrected chi connectivity index (χ4v) is 2.57. The molecule has 2 aromatic rings. The number of carbonyl (C=O) groups excluding carboxylic acids is 1. The van der Waals surface area contributed by atoms with E-state index in [1.54, 1.807) is 18.2 Å². The van der Waals surface area contributed by atoms with Crippen molar-refractivity contribution in [3.05, 3.63) is 53.6 Å². The molecule has 9 heteroatoms. The molecule has 2 rings (SSSR count). The molecular formula is C19H19F2NO6. The van der Waals surface area contributed by atoms with Gasteiger partial charge in [0.2, 0.25) is 0 Å². The molecule has 150 valence electrons. The molecule has 1 unspecified atom stereocenters. The lowest BCUT2D eigenvalue weighted by atomic mass is 10.0. The molecule has 0 heterocycles. The molecule has 0 fully saturated rings. The molecule has 28 heavy (non-hydrogen) atoms. The topological polar surface area (TPSA) is 94.1 Å². The third kappa shape index (κ3) is 5.57. The number of alkyl halides is 2. The highest BCUT2D eigenvalue weighted by atomic mass is 19.3. The summed E-state index contributed by atoms with van der Waals surface area (Å²) < 4.78 is 39.4. The van der Waals surface area contributed by atoms with Crippen LogP contribution in [0, 0.1) is 0 Å². The molecule has 0 radical (unpaired) electrons. The Morgan fingerprint density at radius 2 is 1.82 bits per heavy atom. The van der Waals surface area contributed by atoms with Gasteiger partial charge in [-0.3, -0.25) is 9.59 Å². The van der Waals surface area contributed by atoms with Crippen molar-refractivity contribution < 1.29 is 37.7 Å². The summed E-state index contributed by atoms with van der Waals surface area (Å²) in [7, 11) is 2.88. The number of ether oxygens (including phenoxy) is 3. The number of hydrogen-bond donors (Lipinski definition) is 2. The monoisotopic (exact) mass is 395 g/mol. The fraction of sp³-hybridized carbons (Fsp3) is 0.263. The highest BCUT2D eigenvalue weighted by Gasteiger charge is 2.23. The normalized spacial score (nSPS) is 11.6. The van der Waals surface area contributed by atoms with Crippen LogP contribution in [0.1, 0.15) is 28.4 Å². The Kier molecular flexibility index (Phi) is 7.14. The van der Waals surface area contributed by atoms with Gasteiger partial charge in [-0.1, -0.05) is 6.07 Å². The van der Waals surface area contributed by atoms with Crippen molar-refractivity contribution in [2.24, 2.45) is 0 Å². The first-order chi connectivity index (χ1) is 13.3. The van der Waals surface area contributed by atoms with Gasteiger partial charge in [-0.2, -0.15) is 8.78 Å². The van der Waals surface area contributed by atoms with Crippen molar-refractivity contribution >= 4 is 11.9 Å². The number of carboxylic acid groups (broad SMARTS) is 1. The fourth-order valence-electron chi connectivity index (χ4n) is 2.57. The van der Waals surface area contributed by atoms with Gasteiger partial charge >= 0.3 is 12.6 Å². The highest BCUT2D eigenvalue weighted by Crippen LogP contribution is 2.31. The Morgan fingerprint density at radius 3 is 2.43 bits per heavy atom. The summed E-state index contributed by atoms with van der Waals surface area (Å²) in [4.78, 5) is 23.8. The molecule has 0 saturated carbocycles. The molecule has 0 aliphatic carbocycles. The number of methoxy groups -OCH3 is 2. The van der Waals surface area contributed by atoms with Crippen molar-refractivity contribution in [2.45, 2.75) is 19.1 Å². The second-order valence-electron chi connectivity index (χ2n) is 5.64. The Hall–Kier alpha value is -3.36. The van der Waals surface area contributed by atoms with Crippen LogP contribution in [0.25, 0.3) is 0 Å². The lowest BCUT2D eigenvalue weighted by Gasteiger charge is -2.20. The van der Waals surface area contributed by atoms with Crippen LogP contribution in [0.15, 0.2) is 42.5 Å². The first kappa shape index (κ1) is 20.9. The number of carbonyl (C=O) groups is 2. The maximum absolute atomic E-state index is 12.6. The van der Waals surface area contributed by atoms with Crippen molar-refractivity contribution in [1.82, 2.24) is 5.32 Å². The van der Waals surface area contributed by atoms with Crippen LogP contribution in [-0.4, -0.2) is 37.8 Å². The van der Waals surface area contributed by atoms with Crippen LogP contribution in [0.2, 0.25) is 0 Å². The minimum absolute atomic E-state index is 0.0426. The molecular weight excluding hydrogens is 376 g/mol. The number of nitrogens with one attached hydrogen (secondary N) is 1. The van der Waals surface area contributed by atoms with E-state index in [0.29, 0.717) is 17.1 Å². The Morgan fingerprint density at radius 1 is 1.07 bits per heavy atom. The van der Waals surface area contributed by atoms with Crippen LogP contribution in [0.4, 0.5) is 8.78 Å². The average molecular weight is 395 g/mol. The summed E-state index contributed by atoms with van der Waals surface area (Å²) in [6, 6.07) is 9.04. The van der Waals surface area contributed by atoms with Crippen molar-refractivity contribution in [2.75, 3.05) is 14.2 Å². The first-order valence-electron chi connectivity index (χ1n) is 8.13. The number of benzene rings is 2. The number of rotatable bonds is 9. The van der Waals surface area contributed by atoms with Gasteiger partial charge in [0.05, 0.1) is 26.7 Å². The molecule has 2 N–H and O–H groups in total. The van der Waals surface area contributed by atoms with Crippen LogP contribution < -0.4 is 19.5 Å². The number of halogens is 2. The molecule has 1 amide bonds. The van der Waals surface area contributed by atoms with Gasteiger partial charge in [-0.15, -0.1) is 0 Å². The maximum atomic E-state index is 12.6. The average Bonchev–Trinajstić information content (AvgIpc) is 2.66. The van der Waals surface area contributed by atoms with Gasteiger partial charge in [-0.05, 0) is 30.3 Å². The quantitative estimate of drug-likeness (QED) is 0.677. The lowest BCUT2D eigenvalue weighted by molar-refractivity contribution is -0.137. The molecule has 0 bridgehead atoms. The zero-order valence-electron chi connectivity index (χ0n) is 15.1. The number of carboxylic acids is 1. The molecule has 0 aliphatic heterocycles. The van der Waals surface area contributed by atoms with E-state index in [-0.39, 0.29) is 11.3 Å². The summed E-state index contributed by atoms with van der Waals surface area (Å²) >= 11 is 0. The predicted molar refractivity (Wildman–Crippen MR) is 95.1 cm³/mol. The number of amides is 1. The van der Waals surface area contributed by atoms with Crippen molar-refractivity contribution in [3.8, 4) is 17.2 Å². The van der Waals surface area contributed by atoms with E-state index in [0.717, 1.165) is 6.07 Å². The predicted octanol–water partition coefficient (Wildman–Crippen LogP) is 3.25. The molecule has 0 spiro atoms. The van der Waals surface area contributed by atoms with E-state index in [9.17, 15) is 23.5 Å². The zero-order valence-corrected chi connectivity index (χ0v) is 15.1. The van der Waals surface area contributed by atoms with Gasteiger partial charge in [-0.25, -0.2) is 0 Å². The molecule has 1 atom stereocenters. The van der Waals surface area contributed by atoms with Crippen LogP contribution in [0.5, 0.6) is 17.2 Å². The van der Waals surface area contributed by atoms with E-state index in [1.807, 2.05) is 0 Å². The van der Waals surface area contributed by atoms with Gasteiger partial charge in [0.25, 0.3) is 5.91 Å². The Bertz CT molecular complexity index is 843. The molecule has 7 nitrogen and oxygen atoms in total. The van der Waals surface area contributed by atoms with E-state index in [2.05, 4.69) is 10.1 Å². The molecule has 0 saturated heterocycles. The van der Waals surface area contributed by atoms with Gasteiger partial charge in [0.15, 0.2) is 0 Å². The standard InChI is InChI=1S/C19H19F2NO6/c1-26-12-6-7-14(16(9-12)27-2)15(10-17(23)24)22-18(25)11-4-3-5-13(8-11)28-19(20)21/h3-9,15,19H,10H2,1-2H3,(H,22,25)(H,23,24). The lowest BCUT2D eigenvalue weighted by Crippen LogP contribution is -2.30. The third-order valence-corrected chi connectivity index (χ3v) is 3.82. The first-order valence-corrected chi connectivity index (χ1v) is 8.13. The van der Waals surface area contributed by atoms with E-state index in [1.165, 1.54) is 32.4 Å². The third-order valence-electron chi connectivity index (χ3n) is 3.82. The van der Waals surface area contributed by atoms with E-state index >= 15 is 0 Å². The smallest absolute Gasteiger partial charge is 0.387 e. The zero-order chi connectivity index (χ0) is 20.7. The highest BCUT2D eigenvalue weighted by molar-refractivity contribution is 5.95. The minimum atomic E-state index is -3.03. The van der Waals surface area contributed by atoms with Crippen molar-refractivity contribution in [3.63, 3.8) is 0 Å². The maximum Gasteiger partial charge on any atom is 0.387 e. The number of hydrogen-bond acceptors (Lipinski definition) is 5. The Balaban J connectivity index is 2.30. The van der Waals surface area contributed by atoms with E-state index in [4.69, 9.17) is 9.47 Å². The Labute approximate surface area is 159 Å². The molecule has 0 aliphatic rings. The van der Waals surface area contributed by atoms with E-state index < -0.39 is 31.0 Å². The van der Waals surface area contributed by atoms with Gasteiger partial charge < -0.3 is 24.6 Å². The van der Waals surface area contributed by atoms with Crippen LogP contribution >= 0.6 is 0 Å². The second-order valence-corrected chi connectivity index (χ2v) is 5.64. The minimum Gasteiger partial charge on any atom is -0.497 e. The second kappa shape index (κ2) is 9.54.